The van der Waals surface area contributed by atoms with Gasteiger partial charge in [0.15, 0.2) is 0 Å². The molecule has 4 aliphatic rings. The molecule has 3 aliphatic carbocycles. The predicted octanol–water partition coefficient (Wildman–Crippen LogP) is 0.553. The molecule has 2 nitrogen and oxygen atoms in total. The Balaban J connectivity index is 1.77. The molecule has 0 spiro atoms. The summed E-state index contributed by atoms with van der Waals surface area (Å²) in [6.45, 7) is 0. The quantitative estimate of drug-likeness (QED) is 0.408. The highest BCUT2D eigenvalue weighted by Gasteiger charge is 2.68. The summed E-state index contributed by atoms with van der Waals surface area (Å²) >= 11 is 0. The third kappa shape index (κ3) is 0.384. The summed E-state index contributed by atoms with van der Waals surface area (Å²) in [5.41, 5.74) is 0. The number of hydrogen-bond donors (Lipinski definition) is 1. The smallest absolute Gasteiger partial charge is 0.225 e. The Bertz CT molecular complexity index is 309. The summed E-state index contributed by atoms with van der Waals surface area (Å²) < 4.78 is 0. The number of rotatable bonds is 0. The van der Waals surface area contributed by atoms with Gasteiger partial charge in [-0.05, 0) is 30.1 Å². The first-order chi connectivity index (χ1) is 5.86. The molecule has 0 aromatic heterocycles. The Hall–Kier alpha value is -0.790. The van der Waals surface area contributed by atoms with Crippen LogP contribution in [0.3, 0.4) is 0 Å². The highest BCUT2D eigenvalue weighted by atomic mass is 16.2. The van der Waals surface area contributed by atoms with Crippen molar-refractivity contribution in [3.8, 4) is 0 Å². The lowest BCUT2D eigenvalue weighted by Gasteiger charge is -2.59. The first-order valence-corrected chi connectivity index (χ1v) is 4.85. The molecule has 1 amide bonds. The lowest BCUT2D eigenvalue weighted by molar-refractivity contribution is -0.158. The van der Waals surface area contributed by atoms with E-state index in [-0.39, 0.29) is 0 Å². The van der Waals surface area contributed by atoms with Gasteiger partial charge in [-0.1, -0.05) is 12.2 Å². The van der Waals surface area contributed by atoms with Crippen LogP contribution in [0.15, 0.2) is 12.2 Å². The number of allylic oxidation sites excluding steroid dienone is 2. The SMILES string of the molecule is O=C1N[C@H]2[C@@H]1[C@H]1[C@@H]2[C@@H]2C=C[C@H]1C2. The molecule has 1 N–H and O–H groups in total. The summed E-state index contributed by atoms with van der Waals surface area (Å²) in [6.07, 6.45) is 6.04. The summed E-state index contributed by atoms with van der Waals surface area (Å²) in [6, 6.07) is 0.572. The highest BCUT2D eigenvalue weighted by molar-refractivity contribution is 5.88. The predicted molar refractivity (Wildman–Crippen MR) is 43.1 cm³/mol. The Morgan fingerprint density at radius 2 is 2.00 bits per heavy atom. The van der Waals surface area contributed by atoms with Crippen LogP contribution in [0.25, 0.3) is 0 Å². The van der Waals surface area contributed by atoms with Crippen LogP contribution >= 0.6 is 0 Å². The van der Waals surface area contributed by atoms with Gasteiger partial charge in [0, 0.05) is 6.04 Å². The minimum atomic E-state index is 0.321. The van der Waals surface area contributed by atoms with Crippen molar-refractivity contribution in [1.29, 1.82) is 0 Å². The van der Waals surface area contributed by atoms with E-state index < -0.39 is 0 Å². The first kappa shape index (κ1) is 5.79. The molecule has 0 aromatic rings. The average molecular weight is 161 g/mol. The van der Waals surface area contributed by atoms with Gasteiger partial charge in [-0.15, -0.1) is 0 Å². The Morgan fingerprint density at radius 1 is 1.25 bits per heavy atom. The van der Waals surface area contributed by atoms with Crippen molar-refractivity contribution >= 4 is 5.91 Å². The lowest BCUT2D eigenvalue weighted by atomic mass is 9.52. The fourth-order valence-corrected chi connectivity index (χ4v) is 3.93. The molecule has 62 valence electrons. The maximum atomic E-state index is 11.2. The summed E-state index contributed by atoms with van der Waals surface area (Å²) in [4.78, 5) is 11.2. The van der Waals surface area contributed by atoms with Crippen LogP contribution in [0.4, 0.5) is 0 Å². The fraction of sp³-hybridized carbons (Fsp3) is 0.700. The number of hydrogen-bond acceptors (Lipinski definition) is 1. The standard InChI is InChI=1S/C10H11NO/c12-10-8-6-4-1-2-5(3-4)7(6)9(8)11-10/h1-2,4-9H,3H2,(H,11,12)/t4-,5+,6+,7-,8-,9+/m0/s1. The monoisotopic (exact) mass is 161 g/mol. The molecule has 0 radical (unpaired) electrons. The van der Waals surface area contributed by atoms with Gasteiger partial charge in [0.1, 0.15) is 0 Å². The molecule has 1 heterocycles. The maximum Gasteiger partial charge on any atom is 0.225 e. The normalized spacial score (nSPS) is 63.2. The van der Waals surface area contributed by atoms with Crippen molar-refractivity contribution in [1.82, 2.24) is 5.32 Å². The number of β-lactam (4-membered cyclic amide) rings is 1. The second-order valence-corrected chi connectivity index (χ2v) is 4.66. The molecular formula is C10H11NO. The van der Waals surface area contributed by atoms with E-state index in [9.17, 15) is 4.79 Å². The highest BCUT2D eigenvalue weighted by Crippen LogP contribution is 2.63. The summed E-state index contributed by atoms with van der Waals surface area (Å²) in [5, 5.41) is 3.03. The van der Waals surface area contributed by atoms with Crippen molar-refractivity contribution in [2.75, 3.05) is 0 Å². The molecule has 1 aliphatic heterocycles. The minimum absolute atomic E-state index is 0.321. The molecule has 6 atom stereocenters. The van der Waals surface area contributed by atoms with Crippen LogP contribution in [0, 0.1) is 29.6 Å². The van der Waals surface area contributed by atoms with E-state index in [1.807, 2.05) is 0 Å². The van der Waals surface area contributed by atoms with E-state index in [4.69, 9.17) is 0 Å². The second-order valence-electron chi connectivity index (χ2n) is 4.66. The van der Waals surface area contributed by atoms with E-state index >= 15 is 0 Å². The van der Waals surface area contributed by atoms with Crippen molar-refractivity contribution < 1.29 is 4.79 Å². The lowest BCUT2D eigenvalue weighted by Crippen LogP contribution is -2.74. The van der Waals surface area contributed by atoms with Crippen LogP contribution in [0.1, 0.15) is 6.42 Å². The molecule has 2 saturated carbocycles. The zero-order chi connectivity index (χ0) is 7.87. The molecule has 3 fully saturated rings. The molecule has 2 heteroatoms. The van der Waals surface area contributed by atoms with Crippen LogP contribution in [0.5, 0.6) is 0 Å². The van der Waals surface area contributed by atoms with Crippen molar-refractivity contribution in [3.05, 3.63) is 12.2 Å². The van der Waals surface area contributed by atoms with Gasteiger partial charge in [0.05, 0.1) is 5.92 Å². The zero-order valence-electron chi connectivity index (χ0n) is 6.73. The number of nitrogens with one attached hydrogen (secondary N) is 1. The van der Waals surface area contributed by atoms with E-state index in [1.165, 1.54) is 6.42 Å². The van der Waals surface area contributed by atoms with Gasteiger partial charge >= 0.3 is 0 Å². The van der Waals surface area contributed by atoms with E-state index in [2.05, 4.69) is 17.5 Å². The largest absolute Gasteiger partial charge is 0.352 e. The van der Waals surface area contributed by atoms with E-state index in [0.29, 0.717) is 17.9 Å². The summed E-state index contributed by atoms with van der Waals surface area (Å²) in [5.74, 6) is 3.85. The molecule has 12 heavy (non-hydrogen) atoms. The second kappa shape index (κ2) is 1.48. The average Bonchev–Trinajstić information content (AvgIpc) is 2.55. The van der Waals surface area contributed by atoms with Gasteiger partial charge in [0.2, 0.25) is 5.91 Å². The number of carbonyl (C=O) groups is 1. The molecule has 1 saturated heterocycles. The molecular weight excluding hydrogens is 150 g/mol. The Morgan fingerprint density at radius 3 is 2.75 bits per heavy atom. The van der Waals surface area contributed by atoms with Gasteiger partial charge in [-0.2, -0.15) is 0 Å². The van der Waals surface area contributed by atoms with Crippen LogP contribution in [0.2, 0.25) is 0 Å². The van der Waals surface area contributed by atoms with Crippen LogP contribution in [-0.2, 0) is 4.79 Å². The van der Waals surface area contributed by atoms with Crippen molar-refractivity contribution in [3.63, 3.8) is 0 Å². The van der Waals surface area contributed by atoms with Crippen LogP contribution < -0.4 is 5.32 Å². The van der Waals surface area contributed by atoms with Crippen LogP contribution in [-0.4, -0.2) is 11.9 Å². The van der Waals surface area contributed by atoms with Gasteiger partial charge < -0.3 is 5.32 Å². The number of piperidine rings is 1. The first-order valence-electron chi connectivity index (χ1n) is 4.85. The third-order valence-corrected chi connectivity index (χ3v) is 4.41. The third-order valence-electron chi connectivity index (χ3n) is 4.41. The molecule has 0 unspecified atom stereocenters. The minimum Gasteiger partial charge on any atom is -0.352 e. The molecule has 4 rings (SSSR count). The van der Waals surface area contributed by atoms with Gasteiger partial charge in [0.25, 0.3) is 0 Å². The molecule has 0 aromatic carbocycles. The maximum absolute atomic E-state index is 11.2. The Kier molecular flexibility index (Phi) is 0.713. The van der Waals surface area contributed by atoms with Gasteiger partial charge in [-0.3, -0.25) is 4.79 Å². The number of carbonyl (C=O) groups excluding carboxylic acids is 1. The van der Waals surface area contributed by atoms with Gasteiger partial charge in [-0.25, -0.2) is 0 Å². The Labute approximate surface area is 71.0 Å². The summed E-state index contributed by atoms with van der Waals surface area (Å²) in [7, 11) is 0. The topological polar surface area (TPSA) is 29.1 Å². The molecule has 2 bridgehead atoms. The fourth-order valence-electron chi connectivity index (χ4n) is 3.93. The van der Waals surface area contributed by atoms with E-state index in [1.54, 1.807) is 0 Å². The van der Waals surface area contributed by atoms with E-state index in [0.717, 1.165) is 23.7 Å². The number of fused-ring (bicyclic) bond motifs is 8. The number of amides is 1. The zero-order valence-corrected chi connectivity index (χ0v) is 6.73. The van der Waals surface area contributed by atoms with Crippen molar-refractivity contribution in [2.24, 2.45) is 29.6 Å². The van der Waals surface area contributed by atoms with Crippen molar-refractivity contribution in [2.45, 2.75) is 12.5 Å².